The number of nitrogens with zero attached hydrogens (tertiary/aromatic N) is 2. The number of rotatable bonds is 3. The number of benzene rings is 1. The first-order valence-corrected chi connectivity index (χ1v) is 5.85. The third-order valence-corrected chi connectivity index (χ3v) is 2.61. The summed E-state index contributed by atoms with van der Waals surface area (Å²) in [5, 5.41) is 10.3. The fourth-order valence-electron chi connectivity index (χ4n) is 1.18. The number of esters is 1. The minimum Gasteiger partial charge on any atom is -0.397 e. The van der Waals surface area contributed by atoms with E-state index < -0.39 is 5.97 Å². The predicted molar refractivity (Wildman–Crippen MR) is 65.6 cm³/mol. The minimum absolute atomic E-state index is 0.103. The van der Waals surface area contributed by atoms with Gasteiger partial charge in [0.05, 0.1) is 0 Å². The Bertz CT molecular complexity index is 568. The fraction of sp³-hybridized carbons (Fsp3) is 0.0909. The predicted octanol–water partition coefficient (Wildman–Crippen LogP) is 1.72. The lowest BCUT2D eigenvalue weighted by molar-refractivity contribution is -0.131. The van der Waals surface area contributed by atoms with Crippen LogP contribution in [-0.2, 0) is 4.79 Å². The van der Waals surface area contributed by atoms with Gasteiger partial charge in [-0.15, -0.1) is 5.10 Å². The van der Waals surface area contributed by atoms with Crippen LogP contribution in [0.15, 0.2) is 30.3 Å². The molecule has 0 saturated heterocycles. The number of ether oxygens (including phenoxy) is 1. The standard InChI is InChI=1S/C11H9N3O3S/c1-7(15)17-11-14-13-10(18-11)12-9(16)8-5-3-2-4-6-8/h2-6H,1H3,(H,12,13,16). The Morgan fingerprint density at radius 2 is 1.94 bits per heavy atom. The molecule has 0 spiro atoms. The van der Waals surface area contributed by atoms with Gasteiger partial charge in [0.25, 0.3) is 5.91 Å². The largest absolute Gasteiger partial charge is 0.397 e. The zero-order valence-corrected chi connectivity index (χ0v) is 10.2. The Morgan fingerprint density at radius 3 is 2.61 bits per heavy atom. The van der Waals surface area contributed by atoms with Gasteiger partial charge in [-0.1, -0.05) is 23.3 Å². The van der Waals surface area contributed by atoms with Crippen molar-refractivity contribution in [3.63, 3.8) is 0 Å². The fourth-order valence-corrected chi connectivity index (χ4v) is 1.81. The van der Waals surface area contributed by atoms with Gasteiger partial charge < -0.3 is 4.74 Å². The van der Waals surface area contributed by atoms with Crippen LogP contribution in [0.2, 0.25) is 0 Å². The molecular formula is C11H9N3O3S. The maximum Gasteiger partial charge on any atom is 0.309 e. The number of aromatic nitrogens is 2. The Kier molecular flexibility index (Phi) is 3.63. The van der Waals surface area contributed by atoms with E-state index in [0.29, 0.717) is 5.56 Å². The van der Waals surface area contributed by atoms with Crippen LogP contribution < -0.4 is 10.1 Å². The Labute approximate surface area is 107 Å². The highest BCUT2D eigenvalue weighted by atomic mass is 32.1. The van der Waals surface area contributed by atoms with E-state index in [1.165, 1.54) is 6.92 Å². The SMILES string of the molecule is CC(=O)Oc1nnc(NC(=O)c2ccccc2)s1. The van der Waals surface area contributed by atoms with Crippen molar-refractivity contribution in [3.8, 4) is 5.19 Å². The van der Waals surface area contributed by atoms with Crippen molar-refractivity contribution in [3.05, 3.63) is 35.9 Å². The van der Waals surface area contributed by atoms with E-state index in [4.69, 9.17) is 4.74 Å². The molecule has 0 aliphatic heterocycles. The average molecular weight is 263 g/mol. The summed E-state index contributed by atoms with van der Waals surface area (Å²) in [6.07, 6.45) is 0. The number of nitrogens with one attached hydrogen (secondary N) is 1. The molecule has 0 aliphatic carbocycles. The molecule has 6 nitrogen and oxygen atoms in total. The zero-order valence-electron chi connectivity index (χ0n) is 9.41. The second-order valence-corrected chi connectivity index (χ2v) is 4.23. The molecule has 7 heteroatoms. The highest BCUT2D eigenvalue weighted by Crippen LogP contribution is 2.22. The Morgan fingerprint density at radius 1 is 1.22 bits per heavy atom. The Balaban J connectivity index is 2.04. The van der Waals surface area contributed by atoms with Gasteiger partial charge in [0, 0.05) is 12.5 Å². The van der Waals surface area contributed by atoms with E-state index >= 15 is 0 Å². The lowest BCUT2D eigenvalue weighted by Gasteiger charge is -1.99. The highest BCUT2D eigenvalue weighted by Gasteiger charge is 2.11. The van der Waals surface area contributed by atoms with Gasteiger partial charge >= 0.3 is 11.2 Å². The van der Waals surface area contributed by atoms with Crippen LogP contribution in [0.5, 0.6) is 5.19 Å². The van der Waals surface area contributed by atoms with Crippen LogP contribution >= 0.6 is 11.3 Å². The molecule has 92 valence electrons. The third-order valence-electron chi connectivity index (χ3n) is 1.89. The summed E-state index contributed by atoms with van der Waals surface area (Å²) in [7, 11) is 0. The van der Waals surface area contributed by atoms with Gasteiger partial charge in [-0.05, 0) is 23.5 Å². The zero-order chi connectivity index (χ0) is 13.0. The summed E-state index contributed by atoms with van der Waals surface area (Å²) in [5.74, 6) is -0.770. The van der Waals surface area contributed by atoms with Gasteiger partial charge in [0.15, 0.2) is 0 Å². The smallest absolute Gasteiger partial charge is 0.309 e. The molecule has 18 heavy (non-hydrogen) atoms. The molecule has 1 amide bonds. The molecule has 1 N–H and O–H groups in total. The first-order valence-electron chi connectivity index (χ1n) is 5.03. The van der Waals surface area contributed by atoms with Crippen molar-refractivity contribution in [2.75, 3.05) is 5.32 Å². The van der Waals surface area contributed by atoms with Crippen molar-refractivity contribution < 1.29 is 14.3 Å². The summed E-state index contributed by atoms with van der Waals surface area (Å²) in [4.78, 5) is 22.5. The quantitative estimate of drug-likeness (QED) is 0.853. The molecule has 0 bridgehead atoms. The van der Waals surface area contributed by atoms with Gasteiger partial charge in [-0.2, -0.15) is 0 Å². The van der Waals surface area contributed by atoms with Crippen molar-refractivity contribution in [2.24, 2.45) is 0 Å². The van der Waals surface area contributed by atoms with E-state index in [9.17, 15) is 9.59 Å². The second-order valence-electron chi connectivity index (χ2n) is 3.29. The van der Waals surface area contributed by atoms with E-state index in [1.807, 2.05) is 6.07 Å². The van der Waals surface area contributed by atoms with Crippen LogP contribution in [-0.4, -0.2) is 22.1 Å². The molecule has 0 atom stereocenters. The van der Waals surface area contributed by atoms with E-state index in [1.54, 1.807) is 24.3 Å². The Hall–Kier alpha value is -2.28. The van der Waals surface area contributed by atoms with E-state index in [-0.39, 0.29) is 16.2 Å². The number of carbonyl (C=O) groups excluding carboxylic acids is 2. The molecule has 2 aromatic rings. The molecule has 1 heterocycles. The van der Waals surface area contributed by atoms with Crippen molar-refractivity contribution >= 4 is 28.3 Å². The molecular weight excluding hydrogens is 254 g/mol. The summed E-state index contributed by atoms with van der Waals surface area (Å²) >= 11 is 0.987. The lowest BCUT2D eigenvalue weighted by Crippen LogP contribution is -2.11. The van der Waals surface area contributed by atoms with Crippen molar-refractivity contribution in [2.45, 2.75) is 6.92 Å². The van der Waals surface area contributed by atoms with Crippen LogP contribution in [0.1, 0.15) is 17.3 Å². The maximum atomic E-state index is 11.8. The van der Waals surface area contributed by atoms with Crippen LogP contribution in [0.4, 0.5) is 5.13 Å². The molecule has 0 unspecified atom stereocenters. The number of amides is 1. The summed E-state index contributed by atoms with van der Waals surface area (Å²) < 4.78 is 4.74. The monoisotopic (exact) mass is 263 g/mol. The lowest BCUT2D eigenvalue weighted by atomic mass is 10.2. The van der Waals surface area contributed by atoms with E-state index in [2.05, 4.69) is 15.5 Å². The summed E-state index contributed by atoms with van der Waals surface area (Å²) in [6.45, 7) is 1.27. The number of hydrogen-bond donors (Lipinski definition) is 1. The molecule has 1 aromatic carbocycles. The van der Waals surface area contributed by atoms with Crippen LogP contribution in [0.25, 0.3) is 0 Å². The second kappa shape index (κ2) is 5.37. The minimum atomic E-state index is -0.480. The summed E-state index contributed by atoms with van der Waals surface area (Å²) in [6, 6.07) is 8.71. The van der Waals surface area contributed by atoms with Gasteiger partial charge in [-0.25, -0.2) is 0 Å². The summed E-state index contributed by atoms with van der Waals surface area (Å²) in [5.41, 5.74) is 0.515. The molecule has 0 saturated carbocycles. The number of anilines is 1. The average Bonchev–Trinajstić information content (AvgIpc) is 2.76. The molecule has 0 fully saturated rings. The molecule has 1 aromatic heterocycles. The first-order chi connectivity index (χ1) is 8.65. The number of carbonyl (C=O) groups is 2. The van der Waals surface area contributed by atoms with Gasteiger partial charge in [0.2, 0.25) is 5.13 Å². The maximum absolute atomic E-state index is 11.8. The van der Waals surface area contributed by atoms with Crippen molar-refractivity contribution in [1.29, 1.82) is 0 Å². The molecule has 0 aliphatic rings. The first kappa shape index (κ1) is 12.2. The van der Waals surface area contributed by atoms with Gasteiger partial charge in [0.1, 0.15) is 0 Å². The third kappa shape index (κ3) is 3.11. The molecule has 2 rings (SSSR count). The topological polar surface area (TPSA) is 81.2 Å². The molecule has 0 radical (unpaired) electrons. The van der Waals surface area contributed by atoms with Crippen LogP contribution in [0, 0.1) is 0 Å². The highest BCUT2D eigenvalue weighted by molar-refractivity contribution is 7.17. The van der Waals surface area contributed by atoms with Crippen LogP contribution in [0.3, 0.4) is 0 Å². The van der Waals surface area contributed by atoms with Crippen molar-refractivity contribution in [1.82, 2.24) is 10.2 Å². The van der Waals surface area contributed by atoms with Gasteiger partial charge in [-0.3, -0.25) is 14.9 Å². The van der Waals surface area contributed by atoms with E-state index in [0.717, 1.165) is 11.3 Å². The number of hydrogen-bond acceptors (Lipinski definition) is 6. The normalized spacial score (nSPS) is 9.83.